The van der Waals surface area contributed by atoms with E-state index in [2.05, 4.69) is 10.6 Å². The zero-order valence-corrected chi connectivity index (χ0v) is 15.0. The zero-order chi connectivity index (χ0) is 17.6. The molecule has 0 aliphatic rings. The summed E-state index contributed by atoms with van der Waals surface area (Å²) in [6.07, 6.45) is 0.707. The number of anilines is 1. The summed E-state index contributed by atoms with van der Waals surface area (Å²) < 4.78 is 11.7. The molecule has 0 unspecified atom stereocenters. The van der Waals surface area contributed by atoms with Gasteiger partial charge < -0.3 is 20.1 Å². The van der Waals surface area contributed by atoms with Crippen molar-refractivity contribution in [1.82, 2.24) is 5.32 Å². The van der Waals surface area contributed by atoms with E-state index in [-0.39, 0.29) is 6.03 Å². The Balaban J connectivity index is 1.54. The Morgan fingerprint density at radius 1 is 1.08 bits per heavy atom. The average Bonchev–Trinajstić information content (AvgIpc) is 3.04. The first kappa shape index (κ1) is 17.1. The summed E-state index contributed by atoms with van der Waals surface area (Å²) in [6, 6.07) is 13.6. The molecule has 3 aromatic rings. The number of amides is 2. The molecule has 1 aromatic heterocycles. The molecule has 2 amide bonds. The molecule has 0 saturated carbocycles. The third-order valence-corrected chi connectivity index (χ3v) is 4.84. The maximum atomic E-state index is 12.1. The molecule has 2 aromatic carbocycles. The van der Waals surface area contributed by atoms with Gasteiger partial charge in [0.1, 0.15) is 0 Å². The van der Waals surface area contributed by atoms with Crippen LogP contribution in [0.4, 0.5) is 10.5 Å². The average molecular weight is 356 g/mol. The first-order valence-corrected chi connectivity index (χ1v) is 8.81. The molecule has 5 nitrogen and oxygen atoms in total. The van der Waals surface area contributed by atoms with Crippen molar-refractivity contribution in [2.75, 3.05) is 26.1 Å². The maximum Gasteiger partial charge on any atom is 0.319 e. The largest absolute Gasteiger partial charge is 0.493 e. The summed E-state index contributed by atoms with van der Waals surface area (Å²) >= 11 is 1.62. The van der Waals surface area contributed by atoms with Crippen LogP contribution in [0.5, 0.6) is 11.5 Å². The molecule has 0 atom stereocenters. The molecular formula is C19H20N2O3S. The van der Waals surface area contributed by atoms with Gasteiger partial charge in [0.2, 0.25) is 0 Å². The second-order valence-electron chi connectivity index (χ2n) is 5.47. The van der Waals surface area contributed by atoms with Gasteiger partial charge in [-0.3, -0.25) is 0 Å². The lowest BCUT2D eigenvalue weighted by Crippen LogP contribution is -2.30. The van der Waals surface area contributed by atoms with Crippen molar-refractivity contribution < 1.29 is 14.3 Å². The molecule has 0 spiro atoms. The molecule has 3 rings (SSSR count). The van der Waals surface area contributed by atoms with Crippen molar-refractivity contribution in [2.24, 2.45) is 0 Å². The van der Waals surface area contributed by atoms with E-state index in [1.165, 1.54) is 0 Å². The van der Waals surface area contributed by atoms with Crippen LogP contribution in [0.15, 0.2) is 47.8 Å². The highest BCUT2D eigenvalue weighted by Crippen LogP contribution is 2.30. The smallest absolute Gasteiger partial charge is 0.319 e. The summed E-state index contributed by atoms with van der Waals surface area (Å²) in [5.74, 6) is 1.38. The lowest BCUT2D eigenvalue weighted by molar-refractivity contribution is 0.252. The topological polar surface area (TPSA) is 59.6 Å². The number of carbonyl (C=O) groups excluding carboxylic acids is 1. The Labute approximate surface area is 150 Å². The van der Waals surface area contributed by atoms with Gasteiger partial charge in [-0.05, 0) is 30.2 Å². The van der Waals surface area contributed by atoms with Crippen LogP contribution in [0.2, 0.25) is 0 Å². The van der Waals surface area contributed by atoms with E-state index < -0.39 is 0 Å². The Bertz CT molecular complexity index is 876. The van der Waals surface area contributed by atoms with Gasteiger partial charge >= 0.3 is 6.03 Å². The minimum Gasteiger partial charge on any atom is -0.493 e. The second-order valence-corrected chi connectivity index (χ2v) is 6.38. The number of rotatable bonds is 6. The van der Waals surface area contributed by atoms with Gasteiger partial charge in [0.15, 0.2) is 11.5 Å². The molecule has 0 aliphatic heterocycles. The summed E-state index contributed by atoms with van der Waals surface area (Å²) in [5.41, 5.74) is 1.91. The standard InChI is InChI=1S/C19H20N2O3S/c1-23-16-8-7-13(11-17(16)24-2)9-10-20-19(22)21-15-12-25-18-6-4-3-5-14(15)18/h3-8,11-12H,9-10H2,1-2H3,(H2,20,21,22). The van der Waals surface area contributed by atoms with E-state index in [0.29, 0.717) is 24.5 Å². The van der Waals surface area contributed by atoms with Crippen LogP contribution in [0.1, 0.15) is 5.56 Å². The third kappa shape index (κ3) is 4.03. The van der Waals surface area contributed by atoms with E-state index in [1.807, 2.05) is 47.8 Å². The summed E-state index contributed by atoms with van der Waals surface area (Å²) in [6.45, 7) is 0.531. The van der Waals surface area contributed by atoms with E-state index in [4.69, 9.17) is 9.47 Å². The van der Waals surface area contributed by atoms with Crippen molar-refractivity contribution in [3.63, 3.8) is 0 Å². The number of hydrogen-bond donors (Lipinski definition) is 2. The van der Waals surface area contributed by atoms with Crippen LogP contribution in [-0.2, 0) is 6.42 Å². The fourth-order valence-electron chi connectivity index (χ4n) is 2.60. The number of carbonyl (C=O) groups is 1. The molecule has 6 heteroatoms. The fourth-order valence-corrected chi connectivity index (χ4v) is 3.49. The summed E-state index contributed by atoms with van der Waals surface area (Å²) in [7, 11) is 3.22. The number of ether oxygens (including phenoxy) is 2. The number of fused-ring (bicyclic) bond motifs is 1. The number of hydrogen-bond acceptors (Lipinski definition) is 4. The van der Waals surface area contributed by atoms with Crippen LogP contribution < -0.4 is 20.1 Å². The van der Waals surface area contributed by atoms with Gasteiger partial charge in [-0.25, -0.2) is 4.79 Å². The van der Waals surface area contributed by atoms with Crippen molar-refractivity contribution in [3.05, 3.63) is 53.4 Å². The molecule has 130 valence electrons. The zero-order valence-electron chi connectivity index (χ0n) is 14.2. The number of methoxy groups -OCH3 is 2. The molecular weight excluding hydrogens is 336 g/mol. The van der Waals surface area contributed by atoms with Crippen molar-refractivity contribution in [3.8, 4) is 11.5 Å². The second kappa shape index (κ2) is 7.90. The predicted octanol–water partition coefficient (Wildman–Crippen LogP) is 4.28. The molecule has 0 aliphatic carbocycles. The molecule has 2 N–H and O–H groups in total. The molecule has 0 radical (unpaired) electrons. The maximum absolute atomic E-state index is 12.1. The van der Waals surface area contributed by atoms with Gasteiger partial charge in [-0.1, -0.05) is 24.3 Å². The van der Waals surface area contributed by atoms with Crippen LogP contribution in [-0.4, -0.2) is 26.8 Å². The highest BCUT2D eigenvalue weighted by atomic mass is 32.1. The number of thiophene rings is 1. The lowest BCUT2D eigenvalue weighted by Gasteiger charge is -2.10. The van der Waals surface area contributed by atoms with Crippen LogP contribution >= 0.6 is 11.3 Å². The molecule has 0 fully saturated rings. The quantitative estimate of drug-likeness (QED) is 0.693. The van der Waals surface area contributed by atoms with E-state index in [1.54, 1.807) is 25.6 Å². The highest BCUT2D eigenvalue weighted by molar-refractivity contribution is 7.17. The Morgan fingerprint density at radius 2 is 1.88 bits per heavy atom. The van der Waals surface area contributed by atoms with E-state index in [0.717, 1.165) is 21.3 Å². The Hall–Kier alpha value is -2.73. The van der Waals surface area contributed by atoms with Crippen molar-refractivity contribution >= 4 is 33.1 Å². The highest BCUT2D eigenvalue weighted by Gasteiger charge is 2.08. The first-order valence-electron chi connectivity index (χ1n) is 7.93. The van der Waals surface area contributed by atoms with Gasteiger partial charge in [0.25, 0.3) is 0 Å². The lowest BCUT2D eigenvalue weighted by atomic mass is 10.1. The predicted molar refractivity (Wildman–Crippen MR) is 102 cm³/mol. The van der Waals surface area contributed by atoms with Gasteiger partial charge in [0, 0.05) is 22.0 Å². The molecule has 25 heavy (non-hydrogen) atoms. The van der Waals surface area contributed by atoms with Crippen molar-refractivity contribution in [1.29, 1.82) is 0 Å². The van der Waals surface area contributed by atoms with E-state index >= 15 is 0 Å². The normalized spacial score (nSPS) is 10.5. The number of benzene rings is 2. The molecule has 0 bridgehead atoms. The Morgan fingerprint density at radius 3 is 2.68 bits per heavy atom. The van der Waals surface area contributed by atoms with Gasteiger partial charge in [-0.15, -0.1) is 11.3 Å². The first-order chi connectivity index (χ1) is 12.2. The number of nitrogens with one attached hydrogen (secondary N) is 2. The Kier molecular flexibility index (Phi) is 5.40. The molecule has 0 saturated heterocycles. The summed E-state index contributed by atoms with van der Waals surface area (Å²) in [4.78, 5) is 12.1. The van der Waals surface area contributed by atoms with Crippen LogP contribution in [0.3, 0.4) is 0 Å². The van der Waals surface area contributed by atoms with Gasteiger partial charge in [-0.2, -0.15) is 0 Å². The van der Waals surface area contributed by atoms with Crippen molar-refractivity contribution in [2.45, 2.75) is 6.42 Å². The third-order valence-electron chi connectivity index (χ3n) is 3.88. The number of urea groups is 1. The minimum absolute atomic E-state index is 0.205. The SMILES string of the molecule is COc1ccc(CCNC(=O)Nc2csc3ccccc23)cc1OC. The summed E-state index contributed by atoms with van der Waals surface area (Å²) in [5, 5.41) is 8.81. The van der Waals surface area contributed by atoms with Gasteiger partial charge in [0.05, 0.1) is 19.9 Å². The monoisotopic (exact) mass is 356 g/mol. The van der Waals surface area contributed by atoms with Crippen LogP contribution in [0, 0.1) is 0 Å². The minimum atomic E-state index is -0.205. The van der Waals surface area contributed by atoms with E-state index in [9.17, 15) is 4.79 Å². The van der Waals surface area contributed by atoms with Crippen LogP contribution in [0.25, 0.3) is 10.1 Å². The fraction of sp³-hybridized carbons (Fsp3) is 0.211. The molecule has 1 heterocycles.